The molecule has 1 rings (SSSR count). The van der Waals surface area contributed by atoms with Crippen molar-refractivity contribution in [2.45, 2.75) is 62.6 Å². The van der Waals surface area contributed by atoms with Crippen LogP contribution in [0.4, 0.5) is 0 Å². The number of carbonyl (C=O) groups excluding carboxylic acids is 1. The number of ether oxygens (including phenoxy) is 3. The van der Waals surface area contributed by atoms with Crippen LogP contribution in [0.15, 0.2) is 4.99 Å². The number of hydrogen-bond donors (Lipinski definition) is 6. The first kappa shape index (κ1) is 24.2. The summed E-state index contributed by atoms with van der Waals surface area (Å²) in [6, 6.07) is -2.40. The van der Waals surface area contributed by atoms with Crippen molar-refractivity contribution in [3.8, 4) is 0 Å². The minimum absolute atomic E-state index is 0.0488. The highest BCUT2D eigenvalue weighted by Crippen LogP contribution is 2.31. The molecule has 0 spiro atoms. The number of aliphatic imine (C=N–C) groups is 1. The van der Waals surface area contributed by atoms with Gasteiger partial charge in [0.1, 0.15) is 12.1 Å². The van der Waals surface area contributed by atoms with Gasteiger partial charge in [0.05, 0.1) is 30.7 Å². The zero-order valence-corrected chi connectivity index (χ0v) is 16.2. The fraction of sp³-hybridized carbons (Fsp3) is 0.812. The average molecular weight is 407 g/mol. The van der Waals surface area contributed by atoms with Crippen molar-refractivity contribution >= 4 is 17.7 Å². The molecule has 0 radical (unpaired) electrons. The summed E-state index contributed by atoms with van der Waals surface area (Å²) in [7, 11) is 2.66. The van der Waals surface area contributed by atoms with Crippen molar-refractivity contribution < 1.29 is 44.2 Å². The van der Waals surface area contributed by atoms with Gasteiger partial charge in [-0.3, -0.25) is 9.79 Å². The Labute approximate surface area is 162 Å². The zero-order valence-electron chi connectivity index (χ0n) is 16.2. The second-order valence-electron chi connectivity index (χ2n) is 6.66. The topological polar surface area (TPSA) is 193 Å². The first-order valence-corrected chi connectivity index (χ1v) is 8.58. The van der Waals surface area contributed by atoms with Gasteiger partial charge < -0.3 is 45.7 Å². The quantitative estimate of drug-likeness (QED) is 0.171. The standard InChI is InChI=1S/C16H29N3O9/c1-7(20)11(18-8(2)17)13-12(19-14(22)10(27-4)6-26-3)9(21)5-16(25,28-13)15(23)24/h7,9-13,20-21,25H,5-6H2,1-4H3,(H2,17,18)(H,19,22)(H,23,24)/t7-,9-,10?,11-,12-,13-,16-/m0/s1. The van der Waals surface area contributed by atoms with Crippen LogP contribution in [0.5, 0.6) is 0 Å². The van der Waals surface area contributed by atoms with Gasteiger partial charge in [0.25, 0.3) is 11.7 Å². The molecule has 162 valence electrons. The summed E-state index contributed by atoms with van der Waals surface area (Å²) in [5, 5.41) is 42.6. The number of methoxy groups -OCH3 is 2. The van der Waals surface area contributed by atoms with Crippen molar-refractivity contribution in [1.29, 1.82) is 0 Å². The lowest BCUT2D eigenvalue weighted by atomic mass is 9.87. The molecule has 0 saturated carbocycles. The molecule has 0 aromatic heterocycles. The number of carbonyl (C=O) groups is 2. The van der Waals surface area contributed by atoms with Gasteiger partial charge in [0.15, 0.2) is 6.10 Å². The molecule has 0 bridgehead atoms. The van der Waals surface area contributed by atoms with Gasteiger partial charge >= 0.3 is 5.97 Å². The summed E-state index contributed by atoms with van der Waals surface area (Å²) in [6.45, 7) is 2.71. The van der Waals surface area contributed by atoms with E-state index in [1.165, 1.54) is 28.1 Å². The highest BCUT2D eigenvalue weighted by atomic mass is 16.7. The molecule has 1 amide bonds. The Balaban J connectivity index is 3.27. The molecule has 1 aliphatic rings. The summed E-state index contributed by atoms with van der Waals surface area (Å²) in [5.74, 6) is -5.08. The van der Waals surface area contributed by atoms with Gasteiger partial charge in [-0.25, -0.2) is 4.79 Å². The largest absolute Gasteiger partial charge is 0.477 e. The van der Waals surface area contributed by atoms with Crippen molar-refractivity contribution in [3.63, 3.8) is 0 Å². The van der Waals surface area contributed by atoms with Crippen LogP contribution in [0.2, 0.25) is 0 Å². The molecule has 1 aliphatic heterocycles. The summed E-state index contributed by atoms with van der Waals surface area (Å²) in [5.41, 5.74) is 5.57. The molecular formula is C16H29N3O9. The highest BCUT2D eigenvalue weighted by Gasteiger charge is 2.54. The number of aliphatic carboxylic acids is 1. The first-order chi connectivity index (χ1) is 13.0. The van der Waals surface area contributed by atoms with Gasteiger partial charge in [-0.1, -0.05) is 0 Å². The minimum Gasteiger partial charge on any atom is -0.477 e. The lowest BCUT2D eigenvalue weighted by Gasteiger charge is -2.45. The molecule has 12 heteroatoms. The van der Waals surface area contributed by atoms with Gasteiger partial charge in [-0.15, -0.1) is 0 Å². The van der Waals surface area contributed by atoms with Crippen molar-refractivity contribution in [1.82, 2.24) is 5.32 Å². The van der Waals surface area contributed by atoms with E-state index in [0.29, 0.717) is 0 Å². The number of carboxylic acids is 1. The number of rotatable bonds is 9. The number of aliphatic hydroxyl groups is 3. The Hall–Kier alpha value is -1.83. The van der Waals surface area contributed by atoms with Gasteiger partial charge in [0, 0.05) is 20.6 Å². The maximum Gasteiger partial charge on any atom is 0.364 e. The fourth-order valence-corrected chi connectivity index (χ4v) is 2.92. The third-order valence-electron chi connectivity index (χ3n) is 4.31. The summed E-state index contributed by atoms with van der Waals surface area (Å²) >= 11 is 0. The average Bonchev–Trinajstić information content (AvgIpc) is 2.59. The third-order valence-corrected chi connectivity index (χ3v) is 4.31. The number of nitrogens with one attached hydrogen (secondary N) is 1. The van der Waals surface area contributed by atoms with E-state index in [-0.39, 0.29) is 12.4 Å². The SMILES string of the molecule is COCC(OC)C(=O)N[C@@H]1[C@H]([C@@H](N=C(C)N)[C@H](C)O)O[C@](O)(C(=O)O)C[C@@H]1O. The van der Waals surface area contributed by atoms with Crippen LogP contribution in [0.3, 0.4) is 0 Å². The van der Waals surface area contributed by atoms with Crippen molar-refractivity contribution in [2.75, 3.05) is 20.8 Å². The summed E-state index contributed by atoms with van der Waals surface area (Å²) in [6.07, 6.45) is -5.87. The van der Waals surface area contributed by atoms with Crippen LogP contribution in [0.25, 0.3) is 0 Å². The fourth-order valence-electron chi connectivity index (χ4n) is 2.92. The highest BCUT2D eigenvalue weighted by molar-refractivity contribution is 5.81. The number of amides is 1. The Bertz CT molecular complexity index is 582. The maximum absolute atomic E-state index is 12.4. The Morgan fingerprint density at radius 2 is 2.04 bits per heavy atom. The van der Waals surface area contributed by atoms with Crippen LogP contribution in [0.1, 0.15) is 20.3 Å². The monoisotopic (exact) mass is 407 g/mol. The number of nitrogens with zero attached hydrogens (tertiary/aromatic N) is 1. The maximum atomic E-state index is 12.4. The molecule has 7 atom stereocenters. The van der Waals surface area contributed by atoms with Crippen LogP contribution < -0.4 is 11.1 Å². The molecule has 0 aromatic rings. The second kappa shape index (κ2) is 10.1. The first-order valence-electron chi connectivity index (χ1n) is 8.58. The van der Waals surface area contributed by atoms with Gasteiger partial charge in [-0.05, 0) is 13.8 Å². The van der Waals surface area contributed by atoms with Crippen LogP contribution in [0, 0.1) is 0 Å². The number of nitrogens with two attached hydrogens (primary N) is 1. The van der Waals surface area contributed by atoms with Gasteiger partial charge in [-0.2, -0.15) is 0 Å². The molecule has 28 heavy (non-hydrogen) atoms. The summed E-state index contributed by atoms with van der Waals surface area (Å²) in [4.78, 5) is 27.9. The summed E-state index contributed by atoms with van der Waals surface area (Å²) < 4.78 is 15.2. The normalized spacial score (nSPS) is 31.7. The van der Waals surface area contributed by atoms with E-state index in [0.717, 1.165) is 0 Å². The lowest BCUT2D eigenvalue weighted by molar-refractivity contribution is -0.282. The van der Waals surface area contributed by atoms with E-state index in [9.17, 15) is 30.0 Å². The molecule has 0 aliphatic carbocycles. The smallest absolute Gasteiger partial charge is 0.364 e. The number of carboxylic acid groups (broad SMARTS) is 1. The molecule has 1 fully saturated rings. The predicted octanol–water partition coefficient (Wildman–Crippen LogP) is -2.82. The Kier molecular flexibility index (Phi) is 8.73. The van der Waals surface area contributed by atoms with E-state index in [2.05, 4.69) is 10.3 Å². The number of amidine groups is 1. The molecule has 1 saturated heterocycles. The van der Waals surface area contributed by atoms with Crippen LogP contribution >= 0.6 is 0 Å². The minimum atomic E-state index is -2.73. The lowest BCUT2D eigenvalue weighted by Crippen LogP contribution is -2.67. The third kappa shape index (κ3) is 5.83. The van der Waals surface area contributed by atoms with E-state index in [4.69, 9.17) is 19.9 Å². The van der Waals surface area contributed by atoms with E-state index < -0.39 is 60.6 Å². The van der Waals surface area contributed by atoms with E-state index in [1.54, 1.807) is 0 Å². The number of hydrogen-bond acceptors (Lipinski definition) is 9. The second-order valence-corrected chi connectivity index (χ2v) is 6.66. The van der Waals surface area contributed by atoms with Crippen molar-refractivity contribution in [3.05, 3.63) is 0 Å². The molecule has 1 unspecified atom stereocenters. The van der Waals surface area contributed by atoms with Crippen LogP contribution in [-0.4, -0.2) is 101 Å². The molecule has 7 N–H and O–H groups in total. The molecule has 12 nitrogen and oxygen atoms in total. The Morgan fingerprint density at radius 1 is 1.43 bits per heavy atom. The van der Waals surface area contributed by atoms with E-state index >= 15 is 0 Å². The molecule has 1 heterocycles. The molecule has 0 aromatic carbocycles. The van der Waals surface area contributed by atoms with Gasteiger partial charge in [0.2, 0.25) is 0 Å². The Morgan fingerprint density at radius 3 is 2.46 bits per heavy atom. The molecular weight excluding hydrogens is 378 g/mol. The van der Waals surface area contributed by atoms with Crippen molar-refractivity contribution in [2.24, 2.45) is 10.7 Å². The van der Waals surface area contributed by atoms with E-state index in [1.807, 2.05) is 0 Å². The predicted molar refractivity (Wildman–Crippen MR) is 95.5 cm³/mol. The zero-order chi connectivity index (χ0) is 21.6. The number of aliphatic hydroxyl groups excluding tert-OH is 2. The van der Waals surface area contributed by atoms with Crippen LogP contribution in [-0.2, 0) is 23.8 Å².